The predicted octanol–water partition coefficient (Wildman–Crippen LogP) is 4.24. The van der Waals surface area contributed by atoms with Gasteiger partial charge in [0.25, 0.3) is 0 Å². The monoisotopic (exact) mass is 393 g/mol. The molecule has 1 aliphatic heterocycles. The number of nitrogens with two attached hydrogens (primary N) is 1. The number of rotatable bonds is 8. The number of hydrogen-bond acceptors (Lipinski definition) is 5. The van der Waals surface area contributed by atoms with E-state index in [1.54, 1.807) is 19.3 Å². The third kappa shape index (κ3) is 5.00. The van der Waals surface area contributed by atoms with Gasteiger partial charge in [0.15, 0.2) is 0 Å². The van der Waals surface area contributed by atoms with E-state index in [9.17, 15) is 5.11 Å². The molecule has 0 saturated carbocycles. The molecule has 1 aliphatic rings. The van der Waals surface area contributed by atoms with Gasteiger partial charge in [-0.2, -0.15) is 0 Å². The second-order valence-electron chi connectivity index (χ2n) is 7.03. The van der Waals surface area contributed by atoms with Gasteiger partial charge in [-0.1, -0.05) is 31.4 Å². The first-order valence-electron chi connectivity index (χ1n) is 9.48. The number of ether oxygens (including phenoxy) is 3. The summed E-state index contributed by atoms with van der Waals surface area (Å²) < 4.78 is 17.1. The van der Waals surface area contributed by atoms with E-state index in [1.165, 1.54) is 0 Å². The molecule has 3 rings (SSSR count). The summed E-state index contributed by atoms with van der Waals surface area (Å²) in [7, 11) is 1.62. The van der Waals surface area contributed by atoms with E-state index in [1.807, 2.05) is 42.5 Å². The molecule has 0 aliphatic carbocycles. The molecule has 0 spiro atoms. The van der Waals surface area contributed by atoms with Crippen molar-refractivity contribution >= 4 is 5.69 Å². The Balaban J connectivity index is 1.74. The number of hydrogen-bond donors (Lipinski definition) is 2. The van der Waals surface area contributed by atoms with Gasteiger partial charge in [0, 0.05) is 17.2 Å². The second-order valence-corrected chi connectivity index (χ2v) is 7.03. The third-order valence-corrected chi connectivity index (χ3v) is 4.88. The van der Waals surface area contributed by atoms with Gasteiger partial charge in [0.2, 0.25) is 0 Å². The Morgan fingerprint density at radius 2 is 2.14 bits per heavy atom. The molecule has 0 radical (unpaired) electrons. The third-order valence-electron chi connectivity index (χ3n) is 4.88. The van der Waals surface area contributed by atoms with E-state index in [4.69, 9.17) is 19.9 Å². The zero-order valence-corrected chi connectivity index (χ0v) is 16.6. The number of aliphatic hydroxyl groups is 1. The lowest BCUT2D eigenvalue weighted by atomic mass is 9.87. The van der Waals surface area contributed by atoms with Crippen LogP contribution in [0.15, 0.2) is 73.4 Å². The van der Waals surface area contributed by atoms with Crippen LogP contribution in [0.5, 0.6) is 17.2 Å². The highest BCUT2D eigenvalue weighted by Crippen LogP contribution is 2.40. The highest BCUT2D eigenvalue weighted by molar-refractivity contribution is 5.49. The van der Waals surface area contributed by atoms with Crippen molar-refractivity contribution in [1.29, 1.82) is 0 Å². The van der Waals surface area contributed by atoms with Crippen LogP contribution in [-0.4, -0.2) is 25.4 Å². The van der Waals surface area contributed by atoms with Crippen LogP contribution in [0.3, 0.4) is 0 Å². The lowest BCUT2D eigenvalue weighted by molar-refractivity contribution is 0.0502. The average molecular weight is 393 g/mol. The van der Waals surface area contributed by atoms with Gasteiger partial charge in [0.05, 0.1) is 19.8 Å². The van der Waals surface area contributed by atoms with Gasteiger partial charge in [0.1, 0.15) is 23.9 Å². The Hall–Kier alpha value is -3.18. The predicted molar refractivity (Wildman–Crippen MR) is 115 cm³/mol. The van der Waals surface area contributed by atoms with Gasteiger partial charge in [-0.25, -0.2) is 0 Å². The molecule has 29 heavy (non-hydrogen) atoms. The summed E-state index contributed by atoms with van der Waals surface area (Å²) in [4.78, 5) is 0. The Kier molecular flexibility index (Phi) is 6.62. The summed E-state index contributed by atoms with van der Waals surface area (Å²) in [6.45, 7) is 8.33. The number of methoxy groups -OCH3 is 1. The fourth-order valence-corrected chi connectivity index (χ4v) is 3.36. The first-order valence-corrected chi connectivity index (χ1v) is 9.48. The molecular formula is C24H27NO4. The molecule has 1 heterocycles. The van der Waals surface area contributed by atoms with Crippen molar-refractivity contribution in [2.45, 2.75) is 12.5 Å². The minimum atomic E-state index is -0.683. The van der Waals surface area contributed by atoms with Crippen molar-refractivity contribution in [3.8, 4) is 17.2 Å². The van der Waals surface area contributed by atoms with Crippen LogP contribution in [-0.2, 0) is 6.42 Å². The first kappa shape index (κ1) is 20.6. The highest BCUT2D eigenvalue weighted by Gasteiger charge is 2.30. The molecule has 2 aromatic carbocycles. The van der Waals surface area contributed by atoms with Crippen LogP contribution in [0, 0.1) is 5.92 Å². The van der Waals surface area contributed by atoms with Crippen molar-refractivity contribution in [2.24, 2.45) is 5.92 Å². The summed E-state index contributed by atoms with van der Waals surface area (Å²) in [5.41, 5.74) is 9.07. The number of anilines is 1. The molecule has 5 nitrogen and oxygen atoms in total. The molecule has 2 atom stereocenters. The van der Waals surface area contributed by atoms with E-state index in [0.29, 0.717) is 42.4 Å². The normalized spacial score (nSPS) is 18.0. The molecule has 0 unspecified atom stereocenters. The maximum atomic E-state index is 11.0. The van der Waals surface area contributed by atoms with E-state index in [2.05, 4.69) is 13.2 Å². The zero-order chi connectivity index (χ0) is 20.8. The van der Waals surface area contributed by atoms with Crippen molar-refractivity contribution in [1.82, 2.24) is 0 Å². The smallest absolute Gasteiger partial charge is 0.125 e. The van der Waals surface area contributed by atoms with Crippen LogP contribution >= 0.6 is 0 Å². The van der Waals surface area contributed by atoms with Gasteiger partial charge < -0.3 is 25.1 Å². The molecular weight excluding hydrogens is 366 g/mol. The van der Waals surface area contributed by atoms with Crippen LogP contribution in [0.2, 0.25) is 0 Å². The Morgan fingerprint density at radius 1 is 1.31 bits per heavy atom. The zero-order valence-electron chi connectivity index (χ0n) is 16.6. The van der Waals surface area contributed by atoms with Gasteiger partial charge in [-0.15, -0.1) is 0 Å². The lowest BCUT2D eigenvalue weighted by Crippen LogP contribution is -2.28. The Bertz CT molecular complexity index is 919. The topological polar surface area (TPSA) is 73.9 Å². The maximum absolute atomic E-state index is 11.0. The first-order chi connectivity index (χ1) is 14.0. The molecule has 0 amide bonds. The van der Waals surface area contributed by atoms with E-state index < -0.39 is 6.10 Å². The van der Waals surface area contributed by atoms with E-state index >= 15 is 0 Å². The maximum Gasteiger partial charge on any atom is 0.125 e. The molecule has 0 aromatic heterocycles. The fraction of sp³-hybridized carbons (Fsp3) is 0.250. The summed E-state index contributed by atoms with van der Waals surface area (Å²) in [5, 5.41) is 11.0. The minimum Gasteiger partial charge on any atom is -0.496 e. The van der Waals surface area contributed by atoms with Crippen molar-refractivity contribution in [2.75, 3.05) is 26.1 Å². The lowest BCUT2D eigenvalue weighted by Gasteiger charge is -2.31. The fourth-order valence-electron chi connectivity index (χ4n) is 3.36. The van der Waals surface area contributed by atoms with Crippen molar-refractivity contribution in [3.05, 3.63) is 84.5 Å². The van der Waals surface area contributed by atoms with Crippen LogP contribution in [0.1, 0.15) is 17.2 Å². The Labute approximate surface area is 171 Å². The van der Waals surface area contributed by atoms with Gasteiger partial charge in [-0.05, 0) is 54.0 Å². The van der Waals surface area contributed by atoms with Crippen LogP contribution < -0.4 is 19.9 Å². The number of aliphatic hydroxyl groups excluding tert-OH is 1. The largest absolute Gasteiger partial charge is 0.496 e. The van der Waals surface area contributed by atoms with Crippen LogP contribution in [0.4, 0.5) is 5.69 Å². The molecule has 2 aromatic rings. The van der Waals surface area contributed by atoms with Gasteiger partial charge in [-0.3, -0.25) is 0 Å². The van der Waals surface area contributed by atoms with Crippen LogP contribution in [0.25, 0.3) is 0 Å². The molecule has 0 fully saturated rings. The summed E-state index contributed by atoms with van der Waals surface area (Å²) in [6.07, 6.45) is 5.25. The standard InChI is InChI=1S/C24H27NO4/c1-4-5-6-16(2)14-28-20-8-10-23-21(13-20)24(26)18(15-29-23)11-17-12-19(25)7-9-22(17)27-3/h4-10,12-13,18,24,26H,1-2,11,14-15,25H2,3H3/b6-5-/t18-,24-/m1/s1. The number of fused-ring (bicyclic) bond motifs is 1. The van der Waals surface area contributed by atoms with Gasteiger partial charge >= 0.3 is 0 Å². The number of benzene rings is 2. The second kappa shape index (κ2) is 9.34. The molecule has 152 valence electrons. The SMILES string of the molecule is C=C/C=C\C(=C)COc1ccc2c(c1)[C@H](O)[C@H](Cc1cc(N)ccc1OC)CO2. The molecule has 0 bridgehead atoms. The van der Waals surface area contributed by atoms with Crippen molar-refractivity contribution in [3.63, 3.8) is 0 Å². The number of allylic oxidation sites excluding steroid dienone is 2. The van der Waals surface area contributed by atoms with E-state index in [0.717, 1.165) is 16.9 Å². The average Bonchev–Trinajstić information content (AvgIpc) is 2.73. The summed E-state index contributed by atoms with van der Waals surface area (Å²) in [6, 6.07) is 11.0. The molecule has 5 heteroatoms. The van der Waals surface area contributed by atoms with E-state index in [-0.39, 0.29) is 5.92 Å². The molecule has 3 N–H and O–H groups in total. The minimum absolute atomic E-state index is 0.126. The quantitative estimate of drug-likeness (QED) is 0.518. The highest BCUT2D eigenvalue weighted by atomic mass is 16.5. The number of nitrogen functional groups attached to an aromatic ring is 1. The summed E-state index contributed by atoms with van der Waals surface area (Å²) >= 11 is 0. The van der Waals surface area contributed by atoms with Crippen molar-refractivity contribution < 1.29 is 19.3 Å². The summed E-state index contributed by atoms with van der Waals surface area (Å²) in [5.74, 6) is 1.95. The molecule has 0 saturated heterocycles. The Morgan fingerprint density at radius 3 is 2.90 bits per heavy atom.